The molecule has 1 heterocycles. The Hall–Kier alpha value is -2.77. The molecule has 168 valence electrons. The molecule has 3 rings (SSSR count). The van der Waals surface area contributed by atoms with Crippen LogP contribution in [0.4, 0.5) is 0 Å². The highest BCUT2D eigenvalue weighted by atomic mass is 16.7. The third-order valence-electron chi connectivity index (χ3n) is 5.31. The summed E-state index contributed by atoms with van der Waals surface area (Å²) in [6.07, 6.45) is -0.415. The summed E-state index contributed by atoms with van der Waals surface area (Å²) in [5, 5.41) is 11.0. The van der Waals surface area contributed by atoms with Crippen molar-refractivity contribution >= 4 is 5.90 Å². The van der Waals surface area contributed by atoms with Gasteiger partial charge in [0.15, 0.2) is 18.3 Å². The molecule has 0 fully saturated rings. The number of hydrogen-bond donors (Lipinski definition) is 1. The molecule has 1 N–H and O–H groups in total. The highest BCUT2D eigenvalue weighted by Gasteiger charge is 2.27. The summed E-state index contributed by atoms with van der Waals surface area (Å²) in [7, 11) is 4.74. The lowest BCUT2D eigenvalue weighted by Crippen LogP contribution is -2.13. The fourth-order valence-electron chi connectivity index (χ4n) is 3.49. The van der Waals surface area contributed by atoms with E-state index in [-0.39, 0.29) is 12.8 Å². The van der Waals surface area contributed by atoms with Crippen LogP contribution in [0.5, 0.6) is 17.2 Å². The molecule has 31 heavy (non-hydrogen) atoms. The number of aliphatic hydroxyl groups is 1. The van der Waals surface area contributed by atoms with Gasteiger partial charge in [0.25, 0.3) is 0 Å². The Bertz CT molecular complexity index is 911. The monoisotopic (exact) mass is 429 g/mol. The predicted octanol–water partition coefficient (Wildman–Crippen LogP) is 3.76. The van der Waals surface area contributed by atoms with Crippen LogP contribution in [-0.4, -0.2) is 51.8 Å². The summed E-state index contributed by atoms with van der Waals surface area (Å²) in [6, 6.07) is 11.2. The maximum atomic E-state index is 11.0. The number of benzene rings is 2. The lowest BCUT2D eigenvalue weighted by molar-refractivity contribution is 0.0488. The van der Waals surface area contributed by atoms with Gasteiger partial charge in [-0.05, 0) is 35.2 Å². The average Bonchev–Trinajstić information content (AvgIpc) is 3.27. The third kappa shape index (κ3) is 5.29. The van der Waals surface area contributed by atoms with E-state index in [1.807, 2.05) is 24.3 Å². The SMILES string of the molecule is COCOc1cc(C(O)Cc2cccc(OC)c2C2=N[C@@H](C(C)C)CO2)ccc1OC. The molecule has 2 aromatic rings. The number of aliphatic imine (C=N–C) groups is 1. The van der Waals surface area contributed by atoms with Gasteiger partial charge in [0.1, 0.15) is 12.4 Å². The molecule has 1 unspecified atom stereocenters. The zero-order chi connectivity index (χ0) is 22.4. The van der Waals surface area contributed by atoms with Crippen molar-refractivity contribution in [2.24, 2.45) is 10.9 Å². The highest BCUT2D eigenvalue weighted by Crippen LogP contribution is 2.34. The van der Waals surface area contributed by atoms with Crippen LogP contribution < -0.4 is 14.2 Å². The van der Waals surface area contributed by atoms with Crippen LogP contribution >= 0.6 is 0 Å². The Labute approximate surface area is 183 Å². The van der Waals surface area contributed by atoms with Crippen LogP contribution in [0.1, 0.15) is 36.6 Å². The highest BCUT2D eigenvalue weighted by molar-refractivity contribution is 5.99. The number of aliphatic hydroxyl groups excluding tert-OH is 1. The lowest BCUT2D eigenvalue weighted by Gasteiger charge is -2.18. The van der Waals surface area contributed by atoms with Gasteiger partial charge in [-0.15, -0.1) is 0 Å². The van der Waals surface area contributed by atoms with Gasteiger partial charge in [-0.25, -0.2) is 4.99 Å². The maximum Gasteiger partial charge on any atom is 0.220 e. The van der Waals surface area contributed by atoms with Crippen molar-refractivity contribution < 1.29 is 28.8 Å². The summed E-state index contributed by atoms with van der Waals surface area (Å²) >= 11 is 0. The van der Waals surface area contributed by atoms with E-state index in [4.69, 9.17) is 28.7 Å². The van der Waals surface area contributed by atoms with Crippen molar-refractivity contribution in [1.82, 2.24) is 0 Å². The first kappa shape index (κ1) is 22.9. The molecule has 2 aromatic carbocycles. The van der Waals surface area contributed by atoms with Crippen molar-refractivity contribution in [3.05, 3.63) is 53.1 Å². The first-order valence-corrected chi connectivity index (χ1v) is 10.3. The van der Waals surface area contributed by atoms with E-state index in [0.29, 0.717) is 47.7 Å². The molecule has 0 aliphatic carbocycles. The summed E-state index contributed by atoms with van der Waals surface area (Å²) in [6.45, 7) is 4.89. The molecule has 7 heteroatoms. The van der Waals surface area contributed by atoms with Crippen molar-refractivity contribution in [3.8, 4) is 17.2 Å². The predicted molar refractivity (Wildman–Crippen MR) is 118 cm³/mol. The summed E-state index contributed by atoms with van der Waals surface area (Å²) in [5.74, 6) is 2.70. The molecule has 1 aliphatic heterocycles. The second-order valence-corrected chi connectivity index (χ2v) is 7.73. The molecule has 0 amide bonds. The molecule has 0 aromatic heterocycles. The smallest absolute Gasteiger partial charge is 0.220 e. The minimum absolute atomic E-state index is 0.0874. The van der Waals surface area contributed by atoms with Crippen molar-refractivity contribution in [2.75, 3.05) is 34.7 Å². The summed E-state index contributed by atoms with van der Waals surface area (Å²) in [5.41, 5.74) is 2.39. The van der Waals surface area contributed by atoms with E-state index in [1.165, 1.54) is 0 Å². The standard InChI is InChI=1S/C24H31NO6/c1-15(2)18-13-30-24(25-18)23-17(7-6-8-21(23)29-5)11-19(26)16-9-10-20(28-4)22(12-16)31-14-27-3/h6-10,12,15,18-19,26H,11,13-14H2,1-5H3/t18-,19?/m1/s1. The minimum Gasteiger partial charge on any atom is -0.496 e. The van der Waals surface area contributed by atoms with Gasteiger partial charge in [-0.2, -0.15) is 0 Å². The lowest BCUT2D eigenvalue weighted by atomic mass is 9.96. The molecule has 7 nitrogen and oxygen atoms in total. The molecule has 0 saturated carbocycles. The second-order valence-electron chi connectivity index (χ2n) is 7.73. The first-order valence-electron chi connectivity index (χ1n) is 10.3. The minimum atomic E-state index is -0.774. The van der Waals surface area contributed by atoms with E-state index in [0.717, 1.165) is 11.1 Å². The number of methoxy groups -OCH3 is 3. The van der Waals surface area contributed by atoms with Gasteiger partial charge < -0.3 is 28.8 Å². The average molecular weight is 430 g/mol. The number of rotatable bonds is 10. The topological polar surface area (TPSA) is 78.7 Å². The van der Waals surface area contributed by atoms with Crippen molar-refractivity contribution in [2.45, 2.75) is 32.4 Å². The number of nitrogens with zero attached hydrogens (tertiary/aromatic N) is 1. The molecule has 0 saturated heterocycles. The van der Waals surface area contributed by atoms with Crippen LogP contribution in [0.15, 0.2) is 41.4 Å². The Morgan fingerprint density at radius 2 is 1.84 bits per heavy atom. The largest absolute Gasteiger partial charge is 0.496 e. The Balaban J connectivity index is 1.90. The van der Waals surface area contributed by atoms with Crippen LogP contribution in [-0.2, 0) is 15.9 Å². The number of ether oxygens (including phenoxy) is 5. The van der Waals surface area contributed by atoms with Gasteiger partial charge in [0.2, 0.25) is 5.90 Å². The molecule has 2 atom stereocenters. The molecule has 1 aliphatic rings. The van der Waals surface area contributed by atoms with E-state index in [2.05, 4.69) is 13.8 Å². The first-order chi connectivity index (χ1) is 15.0. The van der Waals surface area contributed by atoms with Crippen LogP contribution in [0, 0.1) is 5.92 Å². The van der Waals surface area contributed by atoms with E-state index in [9.17, 15) is 5.11 Å². The molecular formula is C24H31NO6. The van der Waals surface area contributed by atoms with E-state index < -0.39 is 6.10 Å². The number of hydrogen-bond acceptors (Lipinski definition) is 7. The fourth-order valence-corrected chi connectivity index (χ4v) is 3.49. The van der Waals surface area contributed by atoms with Gasteiger partial charge in [-0.1, -0.05) is 32.0 Å². The van der Waals surface area contributed by atoms with E-state index in [1.54, 1.807) is 33.5 Å². The Kier molecular flexibility index (Phi) is 7.76. The maximum absolute atomic E-state index is 11.0. The van der Waals surface area contributed by atoms with E-state index >= 15 is 0 Å². The zero-order valence-electron chi connectivity index (χ0n) is 18.8. The Morgan fingerprint density at radius 1 is 1.06 bits per heavy atom. The normalized spacial score (nSPS) is 16.6. The van der Waals surface area contributed by atoms with Gasteiger partial charge in [0.05, 0.1) is 31.9 Å². The van der Waals surface area contributed by atoms with Gasteiger partial charge in [-0.3, -0.25) is 0 Å². The van der Waals surface area contributed by atoms with Crippen molar-refractivity contribution in [1.29, 1.82) is 0 Å². The fraction of sp³-hybridized carbons (Fsp3) is 0.458. The third-order valence-corrected chi connectivity index (χ3v) is 5.31. The quantitative estimate of drug-likeness (QED) is 0.580. The van der Waals surface area contributed by atoms with Crippen molar-refractivity contribution in [3.63, 3.8) is 0 Å². The van der Waals surface area contributed by atoms with Gasteiger partial charge in [0, 0.05) is 13.5 Å². The molecular weight excluding hydrogens is 398 g/mol. The molecule has 0 spiro atoms. The second kappa shape index (κ2) is 10.5. The Morgan fingerprint density at radius 3 is 2.48 bits per heavy atom. The molecule has 0 bridgehead atoms. The molecule has 0 radical (unpaired) electrons. The zero-order valence-corrected chi connectivity index (χ0v) is 18.8. The van der Waals surface area contributed by atoms with Crippen LogP contribution in [0.3, 0.4) is 0 Å². The van der Waals surface area contributed by atoms with Crippen LogP contribution in [0.2, 0.25) is 0 Å². The van der Waals surface area contributed by atoms with Crippen LogP contribution in [0.25, 0.3) is 0 Å². The van der Waals surface area contributed by atoms with Gasteiger partial charge >= 0.3 is 0 Å². The summed E-state index contributed by atoms with van der Waals surface area (Å²) < 4.78 is 27.4. The summed E-state index contributed by atoms with van der Waals surface area (Å²) in [4.78, 5) is 4.76.